The molecule has 0 unspecified atom stereocenters. The van der Waals surface area contributed by atoms with Gasteiger partial charge in [-0.3, -0.25) is 29.3 Å². The molecule has 9 heteroatoms. The van der Waals surface area contributed by atoms with Crippen molar-refractivity contribution in [3.05, 3.63) is 29.6 Å². The van der Waals surface area contributed by atoms with Crippen molar-refractivity contribution >= 4 is 18.2 Å². The van der Waals surface area contributed by atoms with Gasteiger partial charge < -0.3 is 15.0 Å². The zero-order valence-corrected chi connectivity index (χ0v) is 14.6. The van der Waals surface area contributed by atoms with E-state index in [0.29, 0.717) is 39.3 Å². The SMILES string of the molecule is O=CCN1CCN(CC(=O)O)Cc2cccc(n2)CN(CC(=O)O)CC1. The average molecular weight is 364 g/mol. The van der Waals surface area contributed by atoms with Gasteiger partial charge in [0.05, 0.1) is 31.0 Å². The van der Waals surface area contributed by atoms with Crippen molar-refractivity contribution < 1.29 is 24.6 Å². The molecule has 0 amide bonds. The molecule has 9 nitrogen and oxygen atoms in total. The van der Waals surface area contributed by atoms with Crippen molar-refractivity contribution in [1.29, 1.82) is 0 Å². The summed E-state index contributed by atoms with van der Waals surface area (Å²) in [6.45, 7) is 2.78. The largest absolute Gasteiger partial charge is 0.480 e. The van der Waals surface area contributed by atoms with Crippen molar-refractivity contribution in [1.82, 2.24) is 19.7 Å². The highest BCUT2D eigenvalue weighted by atomic mass is 16.4. The number of fused-ring (bicyclic) bond motifs is 2. The summed E-state index contributed by atoms with van der Waals surface area (Å²) >= 11 is 0. The molecule has 0 aromatic carbocycles. The van der Waals surface area contributed by atoms with Crippen molar-refractivity contribution in [3.8, 4) is 0 Å². The molecule has 142 valence electrons. The number of aromatic nitrogens is 1. The third-order valence-corrected chi connectivity index (χ3v) is 4.15. The molecule has 0 radical (unpaired) electrons. The molecule has 0 saturated carbocycles. The van der Waals surface area contributed by atoms with Crippen LogP contribution >= 0.6 is 0 Å². The highest BCUT2D eigenvalue weighted by Gasteiger charge is 2.18. The fraction of sp³-hybridized carbons (Fsp3) is 0.529. The van der Waals surface area contributed by atoms with Gasteiger partial charge in [0, 0.05) is 39.3 Å². The predicted octanol–water partition coefficient (Wildman–Crippen LogP) is -0.631. The van der Waals surface area contributed by atoms with Gasteiger partial charge >= 0.3 is 11.9 Å². The molecule has 2 rings (SSSR count). The summed E-state index contributed by atoms with van der Waals surface area (Å²) in [6, 6.07) is 5.50. The summed E-state index contributed by atoms with van der Waals surface area (Å²) in [6.07, 6.45) is 0.805. The number of carbonyl (C=O) groups excluding carboxylic acids is 1. The molecule has 2 bridgehead atoms. The Bertz CT molecular complexity index is 594. The molecule has 2 heterocycles. The van der Waals surface area contributed by atoms with Crippen LogP contribution in [0.2, 0.25) is 0 Å². The third-order valence-electron chi connectivity index (χ3n) is 4.15. The summed E-state index contributed by atoms with van der Waals surface area (Å²) < 4.78 is 0. The zero-order valence-electron chi connectivity index (χ0n) is 14.6. The van der Waals surface area contributed by atoms with Crippen LogP contribution in [0.5, 0.6) is 0 Å². The Labute approximate surface area is 151 Å². The van der Waals surface area contributed by atoms with E-state index in [1.165, 1.54) is 0 Å². The van der Waals surface area contributed by atoms with Gasteiger partial charge in [0.1, 0.15) is 6.29 Å². The van der Waals surface area contributed by atoms with Crippen LogP contribution in [0.3, 0.4) is 0 Å². The van der Waals surface area contributed by atoms with Gasteiger partial charge in [0.15, 0.2) is 0 Å². The van der Waals surface area contributed by atoms with E-state index in [0.717, 1.165) is 17.7 Å². The maximum atomic E-state index is 11.1. The lowest BCUT2D eigenvalue weighted by Crippen LogP contribution is -2.43. The van der Waals surface area contributed by atoms with Crippen LogP contribution in [0, 0.1) is 0 Å². The van der Waals surface area contributed by atoms with Gasteiger partial charge in [0.25, 0.3) is 0 Å². The molecular formula is C17H24N4O5. The molecular weight excluding hydrogens is 340 g/mol. The van der Waals surface area contributed by atoms with Crippen LogP contribution in [0.15, 0.2) is 18.2 Å². The quantitative estimate of drug-likeness (QED) is 0.637. The molecule has 1 aliphatic rings. The Morgan fingerprint density at radius 2 is 1.38 bits per heavy atom. The van der Waals surface area contributed by atoms with Gasteiger partial charge in [-0.25, -0.2) is 0 Å². The fourth-order valence-electron chi connectivity index (χ4n) is 2.94. The maximum absolute atomic E-state index is 11.1. The second-order valence-electron chi connectivity index (χ2n) is 6.30. The van der Waals surface area contributed by atoms with Crippen molar-refractivity contribution in [2.24, 2.45) is 0 Å². The average Bonchev–Trinajstić information content (AvgIpc) is 2.55. The molecule has 0 aliphatic carbocycles. The summed E-state index contributed by atoms with van der Waals surface area (Å²) in [7, 11) is 0. The first kappa shape index (κ1) is 20.0. The number of carboxylic acids is 2. The van der Waals surface area contributed by atoms with E-state index < -0.39 is 11.9 Å². The molecule has 26 heavy (non-hydrogen) atoms. The zero-order chi connectivity index (χ0) is 18.9. The van der Waals surface area contributed by atoms with E-state index in [1.807, 2.05) is 23.1 Å². The number of rotatable bonds is 6. The van der Waals surface area contributed by atoms with E-state index in [4.69, 9.17) is 10.2 Å². The normalized spacial score (nSPS) is 17.8. The lowest BCUT2D eigenvalue weighted by Gasteiger charge is -2.29. The number of hydrogen-bond donors (Lipinski definition) is 2. The molecule has 1 aromatic rings. The lowest BCUT2D eigenvalue weighted by molar-refractivity contribution is -0.139. The fourth-order valence-corrected chi connectivity index (χ4v) is 2.94. The second kappa shape index (κ2) is 9.95. The third kappa shape index (κ3) is 6.87. The highest BCUT2D eigenvalue weighted by Crippen LogP contribution is 2.09. The van der Waals surface area contributed by atoms with Gasteiger partial charge in [-0.2, -0.15) is 0 Å². The minimum atomic E-state index is -0.914. The minimum Gasteiger partial charge on any atom is -0.480 e. The van der Waals surface area contributed by atoms with Gasteiger partial charge in [-0.05, 0) is 12.1 Å². The van der Waals surface area contributed by atoms with Gasteiger partial charge in [0.2, 0.25) is 0 Å². The monoisotopic (exact) mass is 364 g/mol. The number of aldehydes is 1. The standard InChI is InChI=1S/C17H24N4O5/c22-9-8-19-4-6-20(12-16(23)24)10-14-2-1-3-15(18-14)11-21(7-5-19)13-17(25)26/h1-3,9H,4-8,10-13H2,(H,23,24)(H,25,26). The summed E-state index contributed by atoms with van der Waals surface area (Å²) in [4.78, 5) is 43.2. The summed E-state index contributed by atoms with van der Waals surface area (Å²) in [5.41, 5.74) is 1.48. The molecule has 2 N–H and O–H groups in total. The molecule has 0 spiro atoms. The van der Waals surface area contributed by atoms with Crippen LogP contribution < -0.4 is 0 Å². The van der Waals surface area contributed by atoms with Crippen LogP contribution in [-0.4, -0.2) is 93.9 Å². The predicted molar refractivity (Wildman–Crippen MR) is 92.6 cm³/mol. The lowest BCUT2D eigenvalue weighted by atomic mass is 10.2. The first-order valence-corrected chi connectivity index (χ1v) is 8.45. The molecule has 0 atom stereocenters. The van der Waals surface area contributed by atoms with Crippen LogP contribution in [0.4, 0.5) is 0 Å². The number of carboxylic acid groups (broad SMARTS) is 2. The van der Waals surface area contributed by atoms with Crippen LogP contribution in [0.25, 0.3) is 0 Å². The first-order valence-electron chi connectivity index (χ1n) is 8.45. The Balaban J connectivity index is 2.23. The summed E-state index contributed by atoms with van der Waals surface area (Å²) in [5.74, 6) is -1.83. The molecule has 0 fully saturated rings. The Kier molecular flexibility index (Phi) is 7.64. The van der Waals surface area contributed by atoms with E-state index in [2.05, 4.69) is 4.98 Å². The Morgan fingerprint density at radius 1 is 0.923 bits per heavy atom. The smallest absolute Gasteiger partial charge is 0.317 e. The second-order valence-corrected chi connectivity index (χ2v) is 6.30. The number of nitrogens with zero attached hydrogens (tertiary/aromatic N) is 4. The van der Waals surface area contributed by atoms with E-state index in [9.17, 15) is 14.4 Å². The van der Waals surface area contributed by atoms with Gasteiger partial charge in [-0.1, -0.05) is 6.07 Å². The van der Waals surface area contributed by atoms with Gasteiger partial charge in [-0.15, -0.1) is 0 Å². The first-order chi connectivity index (χ1) is 12.5. The maximum Gasteiger partial charge on any atom is 0.317 e. The van der Waals surface area contributed by atoms with Crippen molar-refractivity contribution in [2.75, 3.05) is 45.8 Å². The van der Waals surface area contributed by atoms with Crippen LogP contribution in [-0.2, 0) is 27.5 Å². The number of pyridine rings is 1. The highest BCUT2D eigenvalue weighted by molar-refractivity contribution is 5.69. The minimum absolute atomic E-state index is 0.105. The molecule has 0 saturated heterocycles. The topological polar surface area (TPSA) is 114 Å². The summed E-state index contributed by atoms with van der Waals surface area (Å²) in [5, 5.41) is 18.2. The number of aliphatic carboxylic acids is 2. The van der Waals surface area contributed by atoms with E-state index in [1.54, 1.807) is 9.80 Å². The molecule has 1 aliphatic heterocycles. The van der Waals surface area contributed by atoms with Crippen molar-refractivity contribution in [2.45, 2.75) is 13.1 Å². The van der Waals surface area contributed by atoms with Crippen LogP contribution in [0.1, 0.15) is 11.4 Å². The number of carbonyl (C=O) groups is 3. The molecule has 1 aromatic heterocycles. The van der Waals surface area contributed by atoms with E-state index in [-0.39, 0.29) is 19.6 Å². The Hall–Kier alpha value is -2.36. The van der Waals surface area contributed by atoms with E-state index >= 15 is 0 Å². The number of hydrogen-bond acceptors (Lipinski definition) is 7. The Morgan fingerprint density at radius 3 is 1.81 bits per heavy atom. The van der Waals surface area contributed by atoms with Crippen molar-refractivity contribution in [3.63, 3.8) is 0 Å².